The first-order valence-electron chi connectivity index (χ1n) is 11.2. The van der Waals surface area contributed by atoms with E-state index in [9.17, 15) is 0 Å². The summed E-state index contributed by atoms with van der Waals surface area (Å²) in [6.45, 7) is 4.00. The average molecular weight is 414 g/mol. The summed E-state index contributed by atoms with van der Waals surface area (Å²) in [5, 5.41) is 3.66. The lowest BCUT2D eigenvalue weighted by atomic mass is 9.86. The van der Waals surface area contributed by atoms with E-state index in [-0.39, 0.29) is 0 Å². The molecule has 1 aliphatic rings. The SMILES string of the molecule is CC.c1ccc(-n2c3ccccc3c3nc4c5c(cccc5c32)Cc2ccccc2-4)nc1. The monoisotopic (exact) mass is 413 g/mol. The number of pyridine rings is 2. The highest BCUT2D eigenvalue weighted by Crippen LogP contribution is 2.43. The predicted octanol–water partition coefficient (Wildman–Crippen LogP) is 7.32. The minimum Gasteiger partial charge on any atom is -0.292 e. The topological polar surface area (TPSA) is 30.7 Å². The molecule has 0 aliphatic heterocycles. The van der Waals surface area contributed by atoms with Crippen molar-refractivity contribution in [3.63, 3.8) is 0 Å². The Morgan fingerprint density at radius 1 is 0.719 bits per heavy atom. The van der Waals surface area contributed by atoms with E-state index in [2.05, 4.69) is 82.3 Å². The van der Waals surface area contributed by atoms with Gasteiger partial charge >= 0.3 is 0 Å². The molecule has 154 valence electrons. The van der Waals surface area contributed by atoms with Crippen molar-refractivity contribution in [1.29, 1.82) is 0 Å². The molecule has 0 saturated heterocycles. The van der Waals surface area contributed by atoms with Crippen LogP contribution in [0.3, 0.4) is 0 Å². The fraction of sp³-hybridized carbons (Fsp3) is 0.103. The molecule has 0 saturated carbocycles. The highest BCUT2D eigenvalue weighted by atomic mass is 15.1. The van der Waals surface area contributed by atoms with Crippen molar-refractivity contribution in [2.24, 2.45) is 0 Å². The van der Waals surface area contributed by atoms with Gasteiger partial charge in [0.05, 0.1) is 22.2 Å². The van der Waals surface area contributed by atoms with Crippen LogP contribution in [0.2, 0.25) is 0 Å². The second kappa shape index (κ2) is 7.31. The third-order valence-corrected chi connectivity index (χ3v) is 6.25. The predicted molar refractivity (Wildman–Crippen MR) is 133 cm³/mol. The molecular formula is C29H23N3. The summed E-state index contributed by atoms with van der Waals surface area (Å²) >= 11 is 0. The molecule has 0 unspecified atom stereocenters. The molecule has 3 nitrogen and oxygen atoms in total. The molecule has 0 N–H and O–H groups in total. The number of para-hydroxylation sites is 1. The molecule has 1 aliphatic carbocycles. The van der Waals surface area contributed by atoms with Crippen molar-refractivity contribution in [2.45, 2.75) is 20.3 Å². The fourth-order valence-corrected chi connectivity index (χ4v) is 5.01. The van der Waals surface area contributed by atoms with Gasteiger partial charge in [0, 0.05) is 27.9 Å². The van der Waals surface area contributed by atoms with Crippen LogP contribution in [-0.2, 0) is 6.42 Å². The van der Waals surface area contributed by atoms with E-state index >= 15 is 0 Å². The highest BCUT2D eigenvalue weighted by molar-refractivity contribution is 6.20. The second-order valence-electron chi connectivity index (χ2n) is 7.87. The van der Waals surface area contributed by atoms with Crippen molar-refractivity contribution in [3.05, 3.63) is 102 Å². The van der Waals surface area contributed by atoms with Crippen LogP contribution in [0.25, 0.3) is 49.8 Å². The number of rotatable bonds is 1. The lowest BCUT2D eigenvalue weighted by Crippen LogP contribution is -2.04. The van der Waals surface area contributed by atoms with E-state index in [0.717, 1.165) is 39.9 Å². The standard InChI is InChI=1S/C27H17N3.C2H6/c1-2-10-19-17(8-1)16-18-9-7-12-21-24(18)25(19)29-26-20-11-3-4-13-22(20)30(27(21)26)23-14-5-6-15-28-23;1-2/h1-15H,16H2;1-2H3. The van der Waals surface area contributed by atoms with Crippen LogP contribution in [-0.4, -0.2) is 14.5 Å². The van der Waals surface area contributed by atoms with Crippen LogP contribution in [0.1, 0.15) is 25.0 Å². The third-order valence-electron chi connectivity index (χ3n) is 6.25. The fourth-order valence-electron chi connectivity index (χ4n) is 5.01. The smallest absolute Gasteiger partial charge is 0.137 e. The van der Waals surface area contributed by atoms with Gasteiger partial charge in [-0.05, 0) is 35.7 Å². The zero-order valence-corrected chi connectivity index (χ0v) is 18.2. The summed E-state index contributed by atoms with van der Waals surface area (Å²) < 4.78 is 2.26. The van der Waals surface area contributed by atoms with Gasteiger partial charge in [-0.25, -0.2) is 9.97 Å². The Bertz CT molecular complexity index is 1610. The van der Waals surface area contributed by atoms with Gasteiger partial charge in [-0.1, -0.05) is 80.6 Å². The zero-order chi connectivity index (χ0) is 21.7. The van der Waals surface area contributed by atoms with Gasteiger partial charge in [-0.3, -0.25) is 4.57 Å². The maximum atomic E-state index is 5.30. The number of fused-ring (bicyclic) bond motifs is 6. The number of aromatic nitrogens is 3. The minimum atomic E-state index is 0.919. The van der Waals surface area contributed by atoms with Crippen LogP contribution in [0.4, 0.5) is 0 Å². The van der Waals surface area contributed by atoms with Gasteiger partial charge in [-0.2, -0.15) is 0 Å². The number of nitrogens with zero attached hydrogens (tertiary/aromatic N) is 3. The van der Waals surface area contributed by atoms with Gasteiger partial charge in [0.2, 0.25) is 0 Å². The van der Waals surface area contributed by atoms with E-state index < -0.39 is 0 Å². The van der Waals surface area contributed by atoms with Gasteiger partial charge in [0.1, 0.15) is 5.82 Å². The van der Waals surface area contributed by atoms with Crippen LogP contribution < -0.4 is 0 Å². The quantitative estimate of drug-likeness (QED) is 0.282. The normalized spacial score (nSPS) is 11.9. The average Bonchev–Trinajstić information content (AvgIpc) is 3.21. The summed E-state index contributed by atoms with van der Waals surface area (Å²) in [4.78, 5) is 9.98. The Morgan fingerprint density at radius 3 is 2.34 bits per heavy atom. The van der Waals surface area contributed by atoms with Gasteiger partial charge in [0.15, 0.2) is 0 Å². The molecule has 3 heteroatoms. The lowest BCUT2D eigenvalue weighted by Gasteiger charge is -2.21. The van der Waals surface area contributed by atoms with Crippen LogP contribution in [0.5, 0.6) is 0 Å². The Balaban J connectivity index is 0.000000953. The van der Waals surface area contributed by atoms with E-state index in [1.165, 1.54) is 27.5 Å². The zero-order valence-electron chi connectivity index (χ0n) is 18.2. The minimum absolute atomic E-state index is 0.919. The van der Waals surface area contributed by atoms with Crippen molar-refractivity contribution in [2.75, 3.05) is 0 Å². The summed E-state index contributed by atoms with van der Waals surface area (Å²) in [5.41, 5.74) is 8.33. The molecule has 0 amide bonds. The molecule has 32 heavy (non-hydrogen) atoms. The third kappa shape index (κ3) is 2.54. The van der Waals surface area contributed by atoms with Crippen LogP contribution in [0.15, 0.2) is 91.1 Å². The largest absolute Gasteiger partial charge is 0.292 e. The first-order valence-corrected chi connectivity index (χ1v) is 11.2. The molecule has 0 fully saturated rings. The number of benzene rings is 3. The van der Waals surface area contributed by atoms with E-state index in [0.29, 0.717) is 0 Å². The van der Waals surface area contributed by atoms with Crippen molar-refractivity contribution >= 4 is 32.7 Å². The Morgan fingerprint density at radius 2 is 1.47 bits per heavy atom. The maximum Gasteiger partial charge on any atom is 0.137 e. The number of hydrogen-bond donors (Lipinski definition) is 0. The number of hydrogen-bond acceptors (Lipinski definition) is 2. The van der Waals surface area contributed by atoms with Crippen molar-refractivity contribution in [3.8, 4) is 17.1 Å². The van der Waals surface area contributed by atoms with Gasteiger partial charge < -0.3 is 0 Å². The lowest BCUT2D eigenvalue weighted by molar-refractivity contribution is 1.08. The molecule has 3 aromatic carbocycles. The second-order valence-corrected chi connectivity index (χ2v) is 7.87. The van der Waals surface area contributed by atoms with Crippen LogP contribution >= 0.6 is 0 Å². The molecule has 0 spiro atoms. The first-order chi connectivity index (χ1) is 15.9. The first kappa shape index (κ1) is 18.8. The Hall–Kier alpha value is -3.98. The Labute approximate surface area is 187 Å². The van der Waals surface area contributed by atoms with Gasteiger partial charge in [0.25, 0.3) is 0 Å². The molecule has 3 aromatic heterocycles. The summed E-state index contributed by atoms with van der Waals surface area (Å²) in [7, 11) is 0. The molecule has 0 bridgehead atoms. The summed E-state index contributed by atoms with van der Waals surface area (Å²) in [6.07, 6.45) is 2.79. The summed E-state index contributed by atoms with van der Waals surface area (Å²) in [6, 6.07) is 29.9. The van der Waals surface area contributed by atoms with E-state index in [1.807, 2.05) is 32.2 Å². The molecular weight excluding hydrogens is 390 g/mol. The van der Waals surface area contributed by atoms with Gasteiger partial charge in [-0.15, -0.1) is 0 Å². The maximum absolute atomic E-state index is 5.30. The van der Waals surface area contributed by atoms with Crippen molar-refractivity contribution < 1.29 is 0 Å². The highest BCUT2D eigenvalue weighted by Gasteiger charge is 2.24. The summed E-state index contributed by atoms with van der Waals surface area (Å²) in [5.74, 6) is 0.919. The van der Waals surface area contributed by atoms with Crippen molar-refractivity contribution in [1.82, 2.24) is 14.5 Å². The Kier molecular flexibility index (Phi) is 4.29. The van der Waals surface area contributed by atoms with E-state index in [1.54, 1.807) is 0 Å². The molecule has 3 heterocycles. The molecule has 7 rings (SSSR count). The molecule has 0 atom stereocenters. The van der Waals surface area contributed by atoms with Crippen LogP contribution in [0, 0.1) is 0 Å². The van der Waals surface area contributed by atoms with E-state index in [4.69, 9.17) is 4.98 Å². The molecule has 6 aromatic rings. The molecule has 0 radical (unpaired) electrons.